The molecule has 4 nitrogen and oxygen atoms in total. The quantitative estimate of drug-likeness (QED) is 0.802. The van der Waals surface area contributed by atoms with Gasteiger partial charge in [-0.1, -0.05) is 13.8 Å². The van der Waals surface area contributed by atoms with Crippen molar-refractivity contribution in [1.82, 2.24) is 15.0 Å². The van der Waals surface area contributed by atoms with Gasteiger partial charge in [0.25, 0.3) is 0 Å². The molecule has 0 bridgehead atoms. The number of hydrogen-bond acceptors (Lipinski definition) is 4. The van der Waals surface area contributed by atoms with Crippen LogP contribution in [0.15, 0.2) is 0 Å². The lowest BCUT2D eigenvalue weighted by Gasteiger charge is -2.09. The Labute approximate surface area is 90.3 Å². The molecule has 1 aliphatic rings. The van der Waals surface area contributed by atoms with Gasteiger partial charge in [-0.3, -0.25) is 0 Å². The van der Waals surface area contributed by atoms with Crippen LogP contribution in [0.5, 0.6) is 0 Å². The van der Waals surface area contributed by atoms with Gasteiger partial charge in [0.2, 0.25) is 5.95 Å². The summed E-state index contributed by atoms with van der Waals surface area (Å²) >= 11 is 0. The van der Waals surface area contributed by atoms with Crippen LogP contribution in [0.4, 0.5) is 5.95 Å². The Morgan fingerprint density at radius 1 is 1.27 bits per heavy atom. The molecule has 1 aromatic heterocycles. The van der Waals surface area contributed by atoms with Crippen molar-refractivity contribution in [2.24, 2.45) is 5.92 Å². The zero-order valence-electron chi connectivity index (χ0n) is 9.40. The highest BCUT2D eigenvalue weighted by Crippen LogP contribution is 2.36. The van der Waals surface area contributed by atoms with Crippen LogP contribution in [0, 0.1) is 5.92 Å². The molecule has 1 fully saturated rings. The molecule has 2 rings (SSSR count). The molecule has 2 atom stereocenters. The van der Waals surface area contributed by atoms with Crippen molar-refractivity contribution in [3.63, 3.8) is 0 Å². The lowest BCUT2D eigenvalue weighted by molar-refractivity contribution is 0.582. The summed E-state index contributed by atoms with van der Waals surface area (Å²) in [5.41, 5.74) is 5.68. The molecule has 0 saturated heterocycles. The third-order valence-corrected chi connectivity index (χ3v) is 3.09. The maximum absolute atomic E-state index is 5.68. The van der Waals surface area contributed by atoms with Gasteiger partial charge in [-0.25, -0.2) is 4.98 Å². The highest BCUT2D eigenvalue weighted by Gasteiger charge is 2.25. The maximum atomic E-state index is 5.68. The Morgan fingerprint density at radius 3 is 2.67 bits per heavy atom. The fourth-order valence-electron chi connectivity index (χ4n) is 2.24. The van der Waals surface area contributed by atoms with E-state index in [9.17, 15) is 0 Å². The summed E-state index contributed by atoms with van der Waals surface area (Å²) in [6.45, 7) is 4.32. The third-order valence-electron chi connectivity index (χ3n) is 3.09. The first-order chi connectivity index (χ1) is 7.19. The molecular formula is C11H18N4. The van der Waals surface area contributed by atoms with E-state index in [0.29, 0.717) is 11.9 Å². The molecule has 0 amide bonds. The van der Waals surface area contributed by atoms with Crippen molar-refractivity contribution < 1.29 is 0 Å². The van der Waals surface area contributed by atoms with Gasteiger partial charge in [0, 0.05) is 12.3 Å². The largest absolute Gasteiger partial charge is 0.368 e. The van der Waals surface area contributed by atoms with E-state index in [1.54, 1.807) is 0 Å². The van der Waals surface area contributed by atoms with Crippen LogP contribution < -0.4 is 5.73 Å². The topological polar surface area (TPSA) is 64.7 Å². The van der Waals surface area contributed by atoms with Crippen LogP contribution in [0.1, 0.15) is 50.7 Å². The van der Waals surface area contributed by atoms with Crippen LogP contribution in [-0.4, -0.2) is 15.0 Å². The minimum atomic E-state index is 0.372. The molecule has 1 aromatic rings. The highest BCUT2D eigenvalue weighted by molar-refractivity contribution is 5.18. The first-order valence-corrected chi connectivity index (χ1v) is 5.69. The Bertz CT molecular complexity index is 350. The number of aryl methyl sites for hydroxylation is 1. The zero-order valence-corrected chi connectivity index (χ0v) is 9.40. The van der Waals surface area contributed by atoms with Gasteiger partial charge in [-0.2, -0.15) is 9.97 Å². The van der Waals surface area contributed by atoms with Crippen molar-refractivity contribution in [2.75, 3.05) is 5.73 Å². The molecule has 2 N–H and O–H groups in total. The smallest absolute Gasteiger partial charge is 0.223 e. The van der Waals surface area contributed by atoms with Crippen LogP contribution in [0.2, 0.25) is 0 Å². The fourth-order valence-corrected chi connectivity index (χ4v) is 2.24. The number of rotatable bonds is 2. The zero-order chi connectivity index (χ0) is 10.8. The Hall–Kier alpha value is -1.19. The Morgan fingerprint density at radius 2 is 2.07 bits per heavy atom. The molecule has 1 saturated carbocycles. The average Bonchev–Trinajstić information content (AvgIpc) is 2.64. The van der Waals surface area contributed by atoms with Gasteiger partial charge in [-0.05, 0) is 25.2 Å². The third kappa shape index (κ3) is 2.25. The van der Waals surface area contributed by atoms with Crippen LogP contribution in [0.25, 0.3) is 0 Å². The summed E-state index contributed by atoms with van der Waals surface area (Å²) < 4.78 is 0. The standard InChI is InChI=1S/C11H18N4/c1-3-9-13-10(15-11(12)14-9)8-5-4-7(2)6-8/h7-8H,3-6H2,1-2H3,(H2,12,13,14,15). The lowest BCUT2D eigenvalue weighted by Crippen LogP contribution is -2.09. The van der Waals surface area contributed by atoms with E-state index in [-0.39, 0.29) is 0 Å². The normalized spacial score (nSPS) is 25.7. The van der Waals surface area contributed by atoms with Crippen LogP contribution in [-0.2, 0) is 6.42 Å². The summed E-state index contributed by atoms with van der Waals surface area (Å²) in [5.74, 6) is 3.38. The van der Waals surface area contributed by atoms with E-state index in [1.165, 1.54) is 19.3 Å². The summed E-state index contributed by atoms with van der Waals surface area (Å²) in [6.07, 6.45) is 4.47. The van der Waals surface area contributed by atoms with E-state index < -0.39 is 0 Å². The van der Waals surface area contributed by atoms with Crippen molar-refractivity contribution in [2.45, 2.75) is 45.4 Å². The van der Waals surface area contributed by atoms with Gasteiger partial charge in [0.05, 0.1) is 0 Å². The van der Waals surface area contributed by atoms with E-state index in [1.807, 2.05) is 6.92 Å². The Balaban J connectivity index is 2.24. The van der Waals surface area contributed by atoms with Gasteiger partial charge < -0.3 is 5.73 Å². The summed E-state index contributed by atoms with van der Waals surface area (Å²) in [7, 11) is 0. The number of anilines is 1. The number of hydrogen-bond donors (Lipinski definition) is 1. The molecule has 0 aliphatic heterocycles. The second-order valence-corrected chi connectivity index (χ2v) is 4.44. The molecule has 4 heteroatoms. The average molecular weight is 206 g/mol. The fraction of sp³-hybridized carbons (Fsp3) is 0.727. The number of nitrogens with zero attached hydrogens (tertiary/aromatic N) is 3. The van der Waals surface area contributed by atoms with Crippen molar-refractivity contribution >= 4 is 5.95 Å². The monoisotopic (exact) mass is 206 g/mol. The molecule has 2 unspecified atom stereocenters. The van der Waals surface area contributed by atoms with Gasteiger partial charge >= 0.3 is 0 Å². The second kappa shape index (κ2) is 4.13. The second-order valence-electron chi connectivity index (χ2n) is 4.44. The van der Waals surface area contributed by atoms with Gasteiger partial charge in [0.15, 0.2) is 0 Å². The molecule has 1 heterocycles. The lowest BCUT2D eigenvalue weighted by atomic mass is 10.1. The van der Waals surface area contributed by atoms with Crippen molar-refractivity contribution in [3.05, 3.63) is 11.6 Å². The van der Waals surface area contributed by atoms with Gasteiger partial charge in [-0.15, -0.1) is 0 Å². The number of nitrogen functional groups attached to an aromatic ring is 1. The minimum Gasteiger partial charge on any atom is -0.368 e. The first kappa shape index (κ1) is 10.3. The summed E-state index contributed by atoms with van der Waals surface area (Å²) in [5, 5.41) is 0. The minimum absolute atomic E-state index is 0.372. The van der Waals surface area contributed by atoms with Crippen molar-refractivity contribution in [3.8, 4) is 0 Å². The SMILES string of the molecule is CCc1nc(N)nc(C2CCC(C)C2)n1. The predicted octanol–water partition coefficient (Wildman–Crippen LogP) is 1.92. The Kier molecular flexibility index (Phi) is 2.84. The van der Waals surface area contributed by atoms with Crippen molar-refractivity contribution in [1.29, 1.82) is 0 Å². The maximum Gasteiger partial charge on any atom is 0.223 e. The van der Waals surface area contributed by atoms with E-state index in [4.69, 9.17) is 5.73 Å². The summed E-state index contributed by atoms with van der Waals surface area (Å²) in [6, 6.07) is 0. The van der Waals surface area contributed by atoms with Crippen LogP contribution in [0.3, 0.4) is 0 Å². The number of aromatic nitrogens is 3. The molecule has 82 valence electrons. The van der Waals surface area contributed by atoms with E-state index >= 15 is 0 Å². The van der Waals surface area contributed by atoms with E-state index in [0.717, 1.165) is 24.0 Å². The summed E-state index contributed by atoms with van der Waals surface area (Å²) in [4.78, 5) is 12.8. The van der Waals surface area contributed by atoms with E-state index in [2.05, 4.69) is 21.9 Å². The molecule has 15 heavy (non-hydrogen) atoms. The van der Waals surface area contributed by atoms with Crippen LogP contribution >= 0.6 is 0 Å². The molecule has 0 aromatic carbocycles. The molecule has 0 spiro atoms. The molecular weight excluding hydrogens is 188 g/mol. The molecule has 1 aliphatic carbocycles. The molecule has 0 radical (unpaired) electrons. The number of nitrogens with two attached hydrogens (primary N) is 1. The highest BCUT2D eigenvalue weighted by atomic mass is 15.1. The first-order valence-electron chi connectivity index (χ1n) is 5.69. The van der Waals surface area contributed by atoms with Gasteiger partial charge in [0.1, 0.15) is 11.6 Å². The predicted molar refractivity (Wildman–Crippen MR) is 59.4 cm³/mol.